The molecule has 6 nitrogen and oxygen atoms in total. The van der Waals surface area contributed by atoms with Crippen molar-refractivity contribution in [1.82, 2.24) is 15.3 Å². The fourth-order valence-corrected chi connectivity index (χ4v) is 1.85. The molecule has 18 heavy (non-hydrogen) atoms. The van der Waals surface area contributed by atoms with E-state index in [0.717, 1.165) is 19.3 Å². The molecular weight excluding hydrogens is 234 g/mol. The second-order valence-corrected chi connectivity index (χ2v) is 4.40. The molecule has 0 aromatic carbocycles. The van der Waals surface area contributed by atoms with Gasteiger partial charge in [-0.2, -0.15) is 0 Å². The van der Waals surface area contributed by atoms with Crippen LogP contribution in [0.5, 0.6) is 0 Å². The summed E-state index contributed by atoms with van der Waals surface area (Å²) < 4.78 is 0. The Labute approximate surface area is 107 Å². The van der Waals surface area contributed by atoms with Crippen molar-refractivity contribution < 1.29 is 14.4 Å². The molecule has 0 aliphatic carbocycles. The number of rotatable bonds is 6. The van der Waals surface area contributed by atoms with Crippen molar-refractivity contribution in [3.05, 3.63) is 0 Å². The fourth-order valence-electron chi connectivity index (χ4n) is 1.85. The van der Waals surface area contributed by atoms with Gasteiger partial charge < -0.3 is 5.32 Å². The maximum absolute atomic E-state index is 11.7. The first-order chi connectivity index (χ1) is 8.56. The molecule has 3 amide bonds. The Balaban J connectivity index is 2.50. The first-order valence-corrected chi connectivity index (χ1v) is 6.41. The molecule has 102 valence electrons. The molecule has 0 aromatic heterocycles. The van der Waals surface area contributed by atoms with E-state index in [1.54, 1.807) is 0 Å². The largest absolute Gasteiger partial charge is 0.354 e. The summed E-state index contributed by atoms with van der Waals surface area (Å²) in [6.07, 6.45) is 3.09. The van der Waals surface area contributed by atoms with Crippen molar-refractivity contribution in [3.8, 4) is 0 Å². The summed E-state index contributed by atoms with van der Waals surface area (Å²) in [7, 11) is 0. The highest BCUT2D eigenvalue weighted by molar-refractivity contribution is 5.87. The molecule has 0 bridgehead atoms. The van der Waals surface area contributed by atoms with Crippen LogP contribution in [0.3, 0.4) is 0 Å². The van der Waals surface area contributed by atoms with Crippen LogP contribution in [0.15, 0.2) is 0 Å². The second kappa shape index (κ2) is 6.98. The lowest BCUT2D eigenvalue weighted by molar-refractivity contribution is -0.160. The van der Waals surface area contributed by atoms with Gasteiger partial charge in [0.15, 0.2) is 0 Å². The highest BCUT2D eigenvalue weighted by atomic mass is 16.2. The Morgan fingerprint density at radius 3 is 2.67 bits per heavy atom. The van der Waals surface area contributed by atoms with Crippen LogP contribution in [0.1, 0.15) is 39.5 Å². The molecular formula is C12H21N3O3. The number of nitrogens with zero attached hydrogens (tertiary/aromatic N) is 2. The van der Waals surface area contributed by atoms with Crippen LogP contribution in [-0.4, -0.2) is 47.4 Å². The highest BCUT2D eigenvalue weighted by Gasteiger charge is 2.29. The average Bonchev–Trinajstić information content (AvgIpc) is 2.72. The lowest BCUT2D eigenvalue weighted by atomic mass is 10.3. The van der Waals surface area contributed by atoms with Crippen LogP contribution >= 0.6 is 0 Å². The highest BCUT2D eigenvalue weighted by Crippen LogP contribution is 2.12. The summed E-state index contributed by atoms with van der Waals surface area (Å²) >= 11 is 0. The second-order valence-electron chi connectivity index (χ2n) is 4.40. The molecule has 0 aromatic rings. The molecule has 0 unspecified atom stereocenters. The number of carbonyl (C=O) groups is 3. The lowest BCUT2D eigenvalue weighted by Gasteiger charge is -2.30. The zero-order valence-electron chi connectivity index (χ0n) is 11.1. The van der Waals surface area contributed by atoms with Gasteiger partial charge in [0.25, 0.3) is 0 Å². The van der Waals surface area contributed by atoms with E-state index in [2.05, 4.69) is 5.32 Å². The van der Waals surface area contributed by atoms with Gasteiger partial charge in [0.05, 0.1) is 0 Å². The average molecular weight is 255 g/mol. The minimum atomic E-state index is -0.282. The first-order valence-electron chi connectivity index (χ1n) is 6.41. The van der Waals surface area contributed by atoms with E-state index in [9.17, 15) is 14.4 Å². The topological polar surface area (TPSA) is 69.7 Å². The molecule has 0 saturated carbocycles. The summed E-state index contributed by atoms with van der Waals surface area (Å²) in [4.78, 5) is 34.7. The minimum Gasteiger partial charge on any atom is -0.354 e. The van der Waals surface area contributed by atoms with Crippen molar-refractivity contribution in [2.24, 2.45) is 0 Å². The van der Waals surface area contributed by atoms with E-state index >= 15 is 0 Å². The van der Waals surface area contributed by atoms with Gasteiger partial charge in [-0.05, 0) is 12.8 Å². The number of unbranched alkanes of at least 4 members (excludes halogenated alkanes) is 1. The van der Waals surface area contributed by atoms with Gasteiger partial charge in [-0.25, -0.2) is 5.01 Å². The third kappa shape index (κ3) is 4.01. The van der Waals surface area contributed by atoms with E-state index < -0.39 is 0 Å². The summed E-state index contributed by atoms with van der Waals surface area (Å²) in [5, 5.41) is 5.35. The number of hydrogen-bond donors (Lipinski definition) is 1. The molecule has 1 aliphatic heterocycles. The van der Waals surface area contributed by atoms with Crippen LogP contribution in [0, 0.1) is 0 Å². The quantitative estimate of drug-likeness (QED) is 0.693. The molecule has 1 fully saturated rings. The van der Waals surface area contributed by atoms with Crippen LogP contribution in [0.25, 0.3) is 0 Å². The molecule has 0 spiro atoms. The maximum Gasteiger partial charge on any atom is 0.241 e. The Morgan fingerprint density at radius 1 is 1.44 bits per heavy atom. The zero-order chi connectivity index (χ0) is 13.5. The number of hydrazine groups is 1. The fraction of sp³-hybridized carbons (Fsp3) is 0.750. The Bertz CT molecular complexity index is 331. The van der Waals surface area contributed by atoms with Crippen LogP contribution < -0.4 is 5.32 Å². The van der Waals surface area contributed by atoms with Gasteiger partial charge >= 0.3 is 0 Å². The van der Waals surface area contributed by atoms with E-state index in [4.69, 9.17) is 0 Å². The zero-order valence-corrected chi connectivity index (χ0v) is 11.1. The SMILES string of the molecule is CCCCNC(=O)CN(C(C)=O)N1CCCC1=O. The van der Waals surface area contributed by atoms with Gasteiger partial charge in [0.1, 0.15) is 6.54 Å². The molecule has 1 heterocycles. The predicted octanol–water partition coefficient (Wildman–Crippen LogP) is 0.289. The third-order valence-corrected chi connectivity index (χ3v) is 2.85. The molecule has 6 heteroatoms. The maximum atomic E-state index is 11.7. The first kappa shape index (κ1) is 14.5. The van der Waals surface area contributed by atoms with Crippen LogP contribution in [-0.2, 0) is 14.4 Å². The number of nitrogens with one attached hydrogen (secondary N) is 1. The van der Waals surface area contributed by atoms with Gasteiger partial charge in [0, 0.05) is 26.4 Å². The molecule has 1 N–H and O–H groups in total. The van der Waals surface area contributed by atoms with Crippen LogP contribution in [0.2, 0.25) is 0 Å². The van der Waals surface area contributed by atoms with Crippen molar-refractivity contribution in [3.63, 3.8) is 0 Å². The van der Waals surface area contributed by atoms with Crippen molar-refractivity contribution >= 4 is 17.7 Å². The van der Waals surface area contributed by atoms with Gasteiger partial charge in [-0.3, -0.25) is 19.4 Å². The Kier molecular flexibility index (Phi) is 5.61. The molecule has 1 rings (SSSR count). The standard InChI is InChI=1S/C12H21N3O3/c1-3-4-7-13-11(17)9-15(10(2)16)14-8-5-6-12(14)18/h3-9H2,1-2H3,(H,13,17). The normalized spacial score (nSPS) is 14.8. The van der Waals surface area contributed by atoms with E-state index in [0.29, 0.717) is 19.5 Å². The van der Waals surface area contributed by atoms with Crippen molar-refractivity contribution in [2.75, 3.05) is 19.6 Å². The molecule has 1 saturated heterocycles. The summed E-state index contributed by atoms with van der Waals surface area (Å²) in [5.41, 5.74) is 0. The van der Waals surface area contributed by atoms with Gasteiger partial charge in [0.2, 0.25) is 17.7 Å². The van der Waals surface area contributed by atoms with Gasteiger partial charge in [-0.1, -0.05) is 13.3 Å². The van der Waals surface area contributed by atoms with Crippen LogP contribution in [0.4, 0.5) is 0 Å². The van der Waals surface area contributed by atoms with Crippen molar-refractivity contribution in [1.29, 1.82) is 0 Å². The summed E-state index contributed by atoms with van der Waals surface area (Å²) in [6.45, 7) is 4.45. The predicted molar refractivity (Wildman–Crippen MR) is 66.3 cm³/mol. The van der Waals surface area contributed by atoms with Crippen molar-refractivity contribution in [2.45, 2.75) is 39.5 Å². The third-order valence-electron chi connectivity index (χ3n) is 2.85. The van der Waals surface area contributed by atoms with E-state index in [1.807, 2.05) is 6.92 Å². The Morgan fingerprint density at radius 2 is 2.17 bits per heavy atom. The summed E-state index contributed by atoms with van der Waals surface area (Å²) in [6, 6.07) is 0. The van der Waals surface area contributed by atoms with Gasteiger partial charge in [-0.15, -0.1) is 0 Å². The Hall–Kier alpha value is -1.59. The number of carbonyl (C=O) groups excluding carboxylic acids is 3. The number of hydrogen-bond acceptors (Lipinski definition) is 3. The molecule has 1 aliphatic rings. The minimum absolute atomic E-state index is 0.0786. The lowest BCUT2D eigenvalue weighted by Crippen LogP contribution is -2.50. The monoisotopic (exact) mass is 255 g/mol. The van der Waals surface area contributed by atoms with E-state index in [-0.39, 0.29) is 24.3 Å². The number of amides is 3. The van der Waals surface area contributed by atoms with E-state index in [1.165, 1.54) is 16.9 Å². The molecule has 0 radical (unpaired) electrons. The molecule has 0 atom stereocenters. The summed E-state index contributed by atoms with van der Waals surface area (Å²) in [5.74, 6) is -0.596. The smallest absolute Gasteiger partial charge is 0.241 e.